The van der Waals surface area contributed by atoms with E-state index in [2.05, 4.69) is 53.2 Å². The Morgan fingerprint density at radius 3 is 2.29 bits per heavy atom. The molecule has 0 spiro atoms. The van der Waals surface area contributed by atoms with E-state index in [0.717, 1.165) is 58.4 Å². The third-order valence-corrected chi connectivity index (χ3v) is 5.62. The van der Waals surface area contributed by atoms with Gasteiger partial charge in [-0.2, -0.15) is 0 Å². The van der Waals surface area contributed by atoms with Gasteiger partial charge in [-0.05, 0) is 50.3 Å². The van der Waals surface area contributed by atoms with Crippen LogP contribution < -0.4 is 10.2 Å². The summed E-state index contributed by atoms with van der Waals surface area (Å²) in [5.41, 5.74) is 2.83. The van der Waals surface area contributed by atoms with Gasteiger partial charge in [0.2, 0.25) is 0 Å². The Morgan fingerprint density at radius 1 is 1.08 bits per heavy atom. The summed E-state index contributed by atoms with van der Waals surface area (Å²) >= 11 is 0. The van der Waals surface area contributed by atoms with Gasteiger partial charge in [0.05, 0.1) is 0 Å². The highest BCUT2D eigenvalue weighted by Gasteiger charge is 2.31. The standard InChI is InChI=1S/C20H33N3O/c1-3-22(4-2)19-7-5-17(6-8-19)20(18-9-15-24-16-10-18)23-13-11-21-12-14-23/h5-8,18,20-21H,3-4,9-16H2,1-2H3/t20-/m0/s1. The summed E-state index contributed by atoms with van der Waals surface area (Å²) < 4.78 is 5.62. The van der Waals surface area contributed by atoms with Crippen molar-refractivity contribution in [1.82, 2.24) is 10.2 Å². The van der Waals surface area contributed by atoms with E-state index in [1.165, 1.54) is 24.1 Å². The van der Waals surface area contributed by atoms with E-state index in [0.29, 0.717) is 6.04 Å². The molecule has 0 amide bonds. The van der Waals surface area contributed by atoms with Gasteiger partial charge in [0.1, 0.15) is 0 Å². The molecule has 0 saturated carbocycles. The summed E-state index contributed by atoms with van der Waals surface area (Å²) in [5, 5.41) is 3.49. The summed E-state index contributed by atoms with van der Waals surface area (Å²) in [4.78, 5) is 5.11. The predicted molar refractivity (Wildman–Crippen MR) is 101 cm³/mol. The average Bonchev–Trinajstić information content (AvgIpc) is 2.66. The first-order valence-corrected chi connectivity index (χ1v) is 9.71. The minimum atomic E-state index is 0.543. The zero-order chi connectivity index (χ0) is 16.8. The van der Waals surface area contributed by atoms with Crippen LogP contribution in [0.25, 0.3) is 0 Å². The molecule has 1 atom stereocenters. The number of benzene rings is 1. The second-order valence-electron chi connectivity index (χ2n) is 6.94. The molecule has 1 aromatic rings. The molecule has 0 bridgehead atoms. The Bertz CT molecular complexity index is 456. The van der Waals surface area contributed by atoms with Gasteiger partial charge in [-0.15, -0.1) is 0 Å². The molecule has 24 heavy (non-hydrogen) atoms. The highest BCUT2D eigenvalue weighted by Crippen LogP contribution is 2.36. The Labute approximate surface area is 147 Å². The normalized spacial score (nSPS) is 21.6. The molecule has 0 unspecified atom stereocenters. The molecule has 2 saturated heterocycles. The monoisotopic (exact) mass is 331 g/mol. The molecule has 0 aliphatic carbocycles. The maximum absolute atomic E-state index is 5.62. The quantitative estimate of drug-likeness (QED) is 0.867. The van der Waals surface area contributed by atoms with Crippen molar-refractivity contribution in [2.24, 2.45) is 5.92 Å². The van der Waals surface area contributed by atoms with E-state index in [-0.39, 0.29) is 0 Å². The first kappa shape index (κ1) is 17.7. The number of rotatable bonds is 6. The molecule has 1 aromatic carbocycles. The van der Waals surface area contributed by atoms with Crippen LogP contribution in [0.1, 0.15) is 38.3 Å². The lowest BCUT2D eigenvalue weighted by molar-refractivity contribution is 0.0213. The summed E-state index contributed by atoms with van der Waals surface area (Å²) in [6.07, 6.45) is 2.37. The molecule has 3 rings (SSSR count). The summed E-state index contributed by atoms with van der Waals surface area (Å²) in [5.74, 6) is 0.719. The first-order valence-electron chi connectivity index (χ1n) is 9.71. The SMILES string of the molecule is CCN(CC)c1ccc([C@@H](C2CCOCC2)N2CCNCC2)cc1. The smallest absolute Gasteiger partial charge is 0.0469 e. The van der Waals surface area contributed by atoms with Crippen molar-refractivity contribution >= 4 is 5.69 Å². The number of nitrogens with zero attached hydrogens (tertiary/aromatic N) is 2. The zero-order valence-electron chi connectivity index (χ0n) is 15.3. The third kappa shape index (κ3) is 4.11. The Balaban J connectivity index is 1.81. The van der Waals surface area contributed by atoms with E-state index in [9.17, 15) is 0 Å². The fourth-order valence-electron chi connectivity index (χ4n) is 4.24. The van der Waals surface area contributed by atoms with E-state index >= 15 is 0 Å². The highest BCUT2D eigenvalue weighted by atomic mass is 16.5. The van der Waals surface area contributed by atoms with Gasteiger partial charge in [-0.1, -0.05) is 12.1 Å². The van der Waals surface area contributed by atoms with Crippen LogP contribution >= 0.6 is 0 Å². The van der Waals surface area contributed by atoms with Crippen LogP contribution in [0.15, 0.2) is 24.3 Å². The molecule has 2 aliphatic heterocycles. The lowest BCUT2D eigenvalue weighted by Gasteiger charge is -2.41. The van der Waals surface area contributed by atoms with Gasteiger partial charge in [0.25, 0.3) is 0 Å². The van der Waals surface area contributed by atoms with Crippen molar-refractivity contribution < 1.29 is 4.74 Å². The van der Waals surface area contributed by atoms with Crippen LogP contribution in [0, 0.1) is 5.92 Å². The van der Waals surface area contributed by atoms with Gasteiger partial charge >= 0.3 is 0 Å². The maximum atomic E-state index is 5.62. The van der Waals surface area contributed by atoms with E-state index < -0.39 is 0 Å². The largest absolute Gasteiger partial charge is 0.381 e. The molecule has 0 radical (unpaired) electrons. The van der Waals surface area contributed by atoms with Crippen molar-refractivity contribution in [2.75, 3.05) is 57.4 Å². The van der Waals surface area contributed by atoms with Crippen LogP contribution in [-0.4, -0.2) is 57.4 Å². The molecule has 4 heteroatoms. The second kappa shape index (κ2) is 8.84. The van der Waals surface area contributed by atoms with E-state index in [1.807, 2.05) is 0 Å². The molecule has 2 heterocycles. The predicted octanol–water partition coefficient (Wildman–Crippen LogP) is 2.91. The van der Waals surface area contributed by atoms with Gasteiger partial charge in [-0.25, -0.2) is 0 Å². The van der Waals surface area contributed by atoms with Gasteiger partial charge < -0.3 is 15.0 Å². The molecule has 0 aromatic heterocycles. The van der Waals surface area contributed by atoms with Crippen LogP contribution in [0.3, 0.4) is 0 Å². The van der Waals surface area contributed by atoms with Crippen molar-refractivity contribution in [1.29, 1.82) is 0 Å². The van der Waals surface area contributed by atoms with Crippen LogP contribution in [0.5, 0.6) is 0 Å². The Kier molecular flexibility index (Phi) is 6.52. The molecule has 4 nitrogen and oxygen atoms in total. The molecule has 2 fully saturated rings. The Morgan fingerprint density at radius 2 is 1.71 bits per heavy atom. The van der Waals surface area contributed by atoms with Gasteiger partial charge in [0.15, 0.2) is 0 Å². The number of hydrogen-bond donors (Lipinski definition) is 1. The topological polar surface area (TPSA) is 27.7 Å². The van der Waals surface area contributed by atoms with Crippen LogP contribution in [0.2, 0.25) is 0 Å². The molecular weight excluding hydrogens is 298 g/mol. The number of anilines is 1. The minimum absolute atomic E-state index is 0.543. The summed E-state index contributed by atoms with van der Waals surface area (Å²) in [7, 11) is 0. The fraction of sp³-hybridized carbons (Fsp3) is 0.700. The molecule has 2 aliphatic rings. The third-order valence-electron chi connectivity index (χ3n) is 5.62. The number of ether oxygens (including phenoxy) is 1. The van der Waals surface area contributed by atoms with Gasteiger partial charge in [-0.3, -0.25) is 4.90 Å². The molecule has 1 N–H and O–H groups in total. The summed E-state index contributed by atoms with van der Waals surface area (Å²) in [6.45, 7) is 12.9. The van der Waals surface area contributed by atoms with Crippen molar-refractivity contribution in [2.45, 2.75) is 32.7 Å². The van der Waals surface area contributed by atoms with E-state index in [1.54, 1.807) is 0 Å². The lowest BCUT2D eigenvalue weighted by atomic mass is 9.85. The highest BCUT2D eigenvalue weighted by molar-refractivity contribution is 5.48. The first-order chi connectivity index (χ1) is 11.8. The number of hydrogen-bond acceptors (Lipinski definition) is 4. The average molecular weight is 332 g/mol. The maximum Gasteiger partial charge on any atom is 0.0469 e. The van der Waals surface area contributed by atoms with E-state index in [4.69, 9.17) is 4.74 Å². The molecule has 134 valence electrons. The molecular formula is C20H33N3O. The fourth-order valence-corrected chi connectivity index (χ4v) is 4.24. The van der Waals surface area contributed by atoms with Crippen molar-refractivity contribution in [3.63, 3.8) is 0 Å². The minimum Gasteiger partial charge on any atom is -0.381 e. The second-order valence-corrected chi connectivity index (χ2v) is 6.94. The zero-order valence-corrected chi connectivity index (χ0v) is 15.3. The number of nitrogens with one attached hydrogen (secondary N) is 1. The summed E-state index contributed by atoms with van der Waals surface area (Å²) in [6, 6.07) is 9.92. The van der Waals surface area contributed by atoms with Gasteiger partial charge in [0, 0.05) is 64.2 Å². The lowest BCUT2D eigenvalue weighted by Crippen LogP contribution is -2.47. The van der Waals surface area contributed by atoms with Crippen LogP contribution in [0.4, 0.5) is 5.69 Å². The van der Waals surface area contributed by atoms with Crippen LogP contribution in [-0.2, 0) is 4.74 Å². The number of piperazine rings is 1. The van der Waals surface area contributed by atoms with Crippen molar-refractivity contribution in [3.05, 3.63) is 29.8 Å². The van der Waals surface area contributed by atoms with Crippen molar-refractivity contribution in [3.8, 4) is 0 Å². The Hall–Kier alpha value is -1.10.